The molecule has 4 aromatic rings. The van der Waals surface area contributed by atoms with Crippen molar-refractivity contribution in [2.24, 2.45) is 0 Å². The minimum absolute atomic E-state index is 0.568. The van der Waals surface area contributed by atoms with Crippen LogP contribution in [0.5, 0.6) is 0 Å². The summed E-state index contributed by atoms with van der Waals surface area (Å²) in [6, 6.07) is 18.2. The van der Waals surface area contributed by atoms with E-state index in [2.05, 4.69) is 39.5 Å². The lowest BCUT2D eigenvalue weighted by atomic mass is 10.1. The summed E-state index contributed by atoms with van der Waals surface area (Å²) in [6.07, 6.45) is 9.46. The first-order chi connectivity index (χ1) is 15.7. The third kappa shape index (κ3) is 4.59. The Morgan fingerprint density at radius 1 is 1.03 bits per heavy atom. The van der Waals surface area contributed by atoms with E-state index in [-0.39, 0.29) is 0 Å². The molecule has 0 aliphatic carbocycles. The van der Waals surface area contributed by atoms with Crippen molar-refractivity contribution >= 4 is 33.5 Å². The molecule has 7 heteroatoms. The van der Waals surface area contributed by atoms with Crippen LogP contribution >= 0.6 is 0 Å². The van der Waals surface area contributed by atoms with Crippen LogP contribution in [0.4, 0.5) is 11.6 Å². The van der Waals surface area contributed by atoms with Crippen molar-refractivity contribution in [3.8, 4) is 5.69 Å². The predicted octanol–water partition coefficient (Wildman–Crippen LogP) is 4.89. The van der Waals surface area contributed by atoms with Gasteiger partial charge in [-0.2, -0.15) is 4.98 Å². The van der Waals surface area contributed by atoms with Crippen molar-refractivity contribution in [2.75, 3.05) is 24.7 Å². The number of aromatic nitrogens is 3. The van der Waals surface area contributed by atoms with Crippen molar-refractivity contribution in [2.45, 2.75) is 30.7 Å². The third-order valence-corrected chi connectivity index (χ3v) is 6.85. The summed E-state index contributed by atoms with van der Waals surface area (Å²) >= 11 is 0. The molecule has 1 unspecified atom stereocenters. The van der Waals surface area contributed by atoms with Gasteiger partial charge in [-0.05, 0) is 74.0 Å². The average molecular weight is 446 g/mol. The second-order valence-electron chi connectivity index (χ2n) is 8.27. The number of likely N-dealkylation sites (tertiary alicyclic amines) is 1. The zero-order chi connectivity index (χ0) is 21.9. The highest BCUT2D eigenvalue weighted by Crippen LogP contribution is 2.23. The van der Waals surface area contributed by atoms with E-state index < -0.39 is 10.8 Å². The number of piperidine rings is 1. The van der Waals surface area contributed by atoms with Crippen LogP contribution in [0.1, 0.15) is 24.8 Å². The maximum atomic E-state index is 11.7. The van der Waals surface area contributed by atoms with Gasteiger partial charge in [-0.25, -0.2) is 4.98 Å². The maximum absolute atomic E-state index is 11.7. The van der Waals surface area contributed by atoms with Crippen molar-refractivity contribution < 1.29 is 4.21 Å². The van der Waals surface area contributed by atoms with Crippen molar-refractivity contribution in [3.05, 3.63) is 72.6 Å². The fourth-order valence-corrected chi connectivity index (χ4v) is 4.76. The molecule has 1 aliphatic rings. The first-order valence-electron chi connectivity index (χ1n) is 11.0. The molecular weight excluding hydrogens is 418 g/mol. The van der Waals surface area contributed by atoms with Crippen LogP contribution in [0.3, 0.4) is 0 Å². The Hall–Kier alpha value is -3.03. The minimum Gasteiger partial charge on any atom is -0.324 e. The first-order valence-corrected chi connectivity index (χ1v) is 12.6. The Balaban J connectivity index is 1.37. The molecule has 32 heavy (non-hydrogen) atoms. The number of nitrogens with one attached hydrogen (secondary N) is 1. The second kappa shape index (κ2) is 9.22. The molecule has 0 saturated carbocycles. The number of anilines is 2. The summed E-state index contributed by atoms with van der Waals surface area (Å²) in [5, 5.41) is 4.34. The van der Waals surface area contributed by atoms with E-state index >= 15 is 0 Å². The van der Waals surface area contributed by atoms with E-state index in [0.717, 1.165) is 33.8 Å². The molecule has 0 spiro atoms. The van der Waals surface area contributed by atoms with Gasteiger partial charge in [0.15, 0.2) is 0 Å². The van der Waals surface area contributed by atoms with Gasteiger partial charge in [0.05, 0.1) is 0 Å². The molecule has 2 aromatic heterocycles. The van der Waals surface area contributed by atoms with Crippen LogP contribution in [-0.2, 0) is 17.3 Å². The molecule has 164 valence electrons. The minimum atomic E-state index is -0.990. The molecular formula is C25H27N5OS. The number of nitrogens with zero attached hydrogens (tertiary/aromatic N) is 4. The first kappa shape index (κ1) is 20.8. The predicted molar refractivity (Wildman–Crippen MR) is 130 cm³/mol. The van der Waals surface area contributed by atoms with Gasteiger partial charge in [-0.15, -0.1) is 0 Å². The average Bonchev–Trinajstić information content (AvgIpc) is 3.23. The fourth-order valence-electron chi connectivity index (χ4n) is 4.24. The van der Waals surface area contributed by atoms with Crippen LogP contribution in [0, 0.1) is 0 Å². The maximum Gasteiger partial charge on any atom is 0.229 e. The summed E-state index contributed by atoms with van der Waals surface area (Å²) in [5.41, 5.74) is 4.10. The molecule has 0 amide bonds. The summed E-state index contributed by atoms with van der Waals surface area (Å²) in [7, 11) is -0.990. The molecule has 0 radical (unpaired) electrons. The van der Waals surface area contributed by atoms with Gasteiger partial charge in [0.25, 0.3) is 0 Å². The lowest BCUT2D eigenvalue weighted by molar-refractivity contribution is 0.221. The van der Waals surface area contributed by atoms with E-state index in [0.29, 0.717) is 5.95 Å². The molecule has 1 saturated heterocycles. The van der Waals surface area contributed by atoms with Crippen LogP contribution in [0.25, 0.3) is 16.7 Å². The Labute approximate surface area is 190 Å². The standard InChI is InChI=1S/C25H27N5OS/c1-32(31)23-10-8-22(9-11-23)30-15-12-20-17-26-25(28-24(20)30)27-21-7-5-6-19(16-21)18-29-13-3-2-4-14-29/h5-12,15-17H,2-4,13-14,18H2,1H3,(H,26,27,28). The van der Waals surface area contributed by atoms with Crippen molar-refractivity contribution in [1.29, 1.82) is 0 Å². The van der Waals surface area contributed by atoms with Crippen LogP contribution in [0.2, 0.25) is 0 Å². The molecule has 1 fully saturated rings. The van der Waals surface area contributed by atoms with Gasteiger partial charge < -0.3 is 9.88 Å². The molecule has 1 aliphatic heterocycles. The number of fused-ring (bicyclic) bond motifs is 1. The Morgan fingerprint density at radius 2 is 1.84 bits per heavy atom. The second-order valence-corrected chi connectivity index (χ2v) is 9.65. The topological polar surface area (TPSA) is 63.1 Å². The normalized spacial score (nSPS) is 15.7. The van der Waals surface area contributed by atoms with Crippen molar-refractivity contribution in [3.63, 3.8) is 0 Å². The molecule has 3 heterocycles. The van der Waals surface area contributed by atoms with Crippen molar-refractivity contribution in [1.82, 2.24) is 19.4 Å². The third-order valence-electron chi connectivity index (χ3n) is 5.91. The Bertz CT molecular complexity index is 1240. The molecule has 2 aromatic carbocycles. The molecule has 6 nitrogen and oxygen atoms in total. The lowest BCUT2D eigenvalue weighted by Crippen LogP contribution is -2.29. The van der Waals surface area contributed by atoms with E-state index in [1.807, 2.05) is 47.3 Å². The van der Waals surface area contributed by atoms with Gasteiger partial charge in [0, 0.05) is 57.7 Å². The Morgan fingerprint density at radius 3 is 2.62 bits per heavy atom. The van der Waals surface area contributed by atoms with E-state index in [1.54, 1.807) is 6.26 Å². The van der Waals surface area contributed by atoms with E-state index in [4.69, 9.17) is 4.98 Å². The summed E-state index contributed by atoms with van der Waals surface area (Å²) in [5.74, 6) is 0.568. The van der Waals surface area contributed by atoms with Gasteiger partial charge in [-0.3, -0.25) is 9.11 Å². The number of hydrogen-bond acceptors (Lipinski definition) is 5. The molecule has 5 rings (SSSR count). The Kier molecular flexibility index (Phi) is 6.01. The molecule has 1 atom stereocenters. The summed E-state index contributed by atoms with van der Waals surface area (Å²) in [6.45, 7) is 3.35. The number of rotatable bonds is 6. The highest BCUT2D eigenvalue weighted by Gasteiger charge is 2.11. The van der Waals surface area contributed by atoms with E-state index in [1.165, 1.54) is 37.9 Å². The smallest absolute Gasteiger partial charge is 0.229 e. The largest absolute Gasteiger partial charge is 0.324 e. The molecule has 0 bridgehead atoms. The summed E-state index contributed by atoms with van der Waals surface area (Å²) in [4.78, 5) is 12.6. The molecule has 1 N–H and O–H groups in total. The summed E-state index contributed by atoms with van der Waals surface area (Å²) < 4.78 is 13.7. The number of hydrogen-bond donors (Lipinski definition) is 1. The fraction of sp³-hybridized carbons (Fsp3) is 0.280. The lowest BCUT2D eigenvalue weighted by Gasteiger charge is -2.26. The highest BCUT2D eigenvalue weighted by molar-refractivity contribution is 7.84. The van der Waals surface area contributed by atoms with E-state index in [9.17, 15) is 4.21 Å². The highest BCUT2D eigenvalue weighted by atomic mass is 32.2. The van der Waals surface area contributed by atoms with Gasteiger partial charge in [0.2, 0.25) is 5.95 Å². The van der Waals surface area contributed by atoms with Crippen LogP contribution in [0.15, 0.2) is 71.9 Å². The van der Waals surface area contributed by atoms with Gasteiger partial charge >= 0.3 is 0 Å². The number of benzene rings is 2. The quantitative estimate of drug-likeness (QED) is 0.458. The monoisotopic (exact) mass is 445 g/mol. The van der Waals surface area contributed by atoms with Gasteiger partial charge in [-0.1, -0.05) is 18.6 Å². The van der Waals surface area contributed by atoms with Gasteiger partial charge in [0.1, 0.15) is 5.65 Å². The van der Waals surface area contributed by atoms with Crippen LogP contribution < -0.4 is 5.32 Å². The zero-order valence-corrected chi connectivity index (χ0v) is 19.0. The zero-order valence-electron chi connectivity index (χ0n) is 18.2. The van der Waals surface area contributed by atoms with Crippen LogP contribution in [-0.4, -0.2) is 43.0 Å². The SMILES string of the molecule is CS(=O)c1ccc(-n2ccc3cnc(Nc4cccc(CN5CCCCC5)c4)nc32)cc1.